The Hall–Kier alpha value is -6.49. The van der Waals surface area contributed by atoms with Crippen LogP contribution in [0.25, 0.3) is 89.7 Å². The molecule has 50 heavy (non-hydrogen) atoms. The topological polar surface area (TPSA) is 138 Å². The zero-order valence-electron chi connectivity index (χ0n) is 26.0. The summed E-state index contributed by atoms with van der Waals surface area (Å²) >= 11 is 6.86. The zero-order chi connectivity index (χ0) is 33.3. The van der Waals surface area contributed by atoms with Crippen LogP contribution in [0.2, 0.25) is 5.02 Å². The van der Waals surface area contributed by atoms with Gasteiger partial charge in [0.05, 0.1) is 11.6 Å². The van der Waals surface area contributed by atoms with Crippen LogP contribution < -0.4 is 4.74 Å². The number of fused-ring (bicyclic) bond motifs is 20. The predicted octanol–water partition coefficient (Wildman–Crippen LogP) is 8.81. The highest BCUT2D eigenvalue weighted by molar-refractivity contribution is 6.32. The molecule has 10 nitrogen and oxygen atoms in total. The summed E-state index contributed by atoms with van der Waals surface area (Å²) in [6.07, 6.45) is 0. The second kappa shape index (κ2) is 11.0. The maximum atomic E-state index is 9.47. The molecule has 0 radical (unpaired) electrons. The first-order valence-corrected chi connectivity index (χ1v) is 16.3. The lowest BCUT2D eigenvalue weighted by atomic mass is 10.1. The number of H-pyrrole nitrogens is 2. The molecule has 10 rings (SSSR count). The van der Waals surface area contributed by atoms with Crippen LogP contribution in [-0.4, -0.2) is 45.0 Å². The number of benzene rings is 5. The van der Waals surface area contributed by atoms with Crippen molar-refractivity contribution < 1.29 is 9.84 Å². The van der Waals surface area contributed by atoms with Gasteiger partial charge < -0.3 is 19.8 Å². The number of aliphatic hydroxyl groups excluding tert-OH is 1. The lowest BCUT2D eigenvalue weighted by molar-refractivity contribution is 0.281. The second-order valence-corrected chi connectivity index (χ2v) is 12.4. The molecule has 5 aromatic carbocycles. The van der Waals surface area contributed by atoms with Gasteiger partial charge in [-0.05, 0) is 29.8 Å². The normalized spacial score (nSPS) is 11.9. The number of nitrogens with one attached hydrogen (secondary N) is 2. The predicted molar refractivity (Wildman–Crippen MR) is 194 cm³/mol. The molecule has 2 aliphatic heterocycles. The van der Waals surface area contributed by atoms with Crippen molar-refractivity contribution in [1.29, 1.82) is 0 Å². The molecule has 8 bridgehead atoms. The van der Waals surface area contributed by atoms with Gasteiger partial charge in [-0.2, -0.15) is 0 Å². The third kappa shape index (κ3) is 4.54. The van der Waals surface area contributed by atoms with Gasteiger partial charge >= 0.3 is 0 Å². The van der Waals surface area contributed by atoms with Gasteiger partial charge in [-0.3, -0.25) is 0 Å². The second-order valence-electron chi connectivity index (χ2n) is 12.0. The molecule has 0 saturated carbocycles. The first kappa shape index (κ1) is 28.5. The van der Waals surface area contributed by atoms with Crippen LogP contribution in [0.3, 0.4) is 0 Å². The highest BCUT2D eigenvalue weighted by atomic mass is 35.5. The minimum Gasteiger partial charge on any atom is -0.456 e. The quantitative estimate of drug-likeness (QED) is 0.170. The van der Waals surface area contributed by atoms with Crippen molar-refractivity contribution in [2.45, 2.75) is 6.61 Å². The molecule has 0 fully saturated rings. The fraction of sp³-hybridized carbons (Fsp3) is 0.0256. The molecule has 5 heterocycles. The van der Waals surface area contributed by atoms with E-state index in [1.165, 1.54) is 0 Å². The van der Waals surface area contributed by atoms with E-state index in [0.717, 1.165) is 38.2 Å². The number of aromatic nitrogens is 8. The summed E-state index contributed by atoms with van der Waals surface area (Å²) in [4.78, 5) is 37.0. The maximum Gasteiger partial charge on any atom is 0.164 e. The van der Waals surface area contributed by atoms with Crippen LogP contribution in [0.4, 0.5) is 0 Å². The van der Waals surface area contributed by atoms with Gasteiger partial charge in [0.25, 0.3) is 0 Å². The molecule has 8 aromatic rings. The average Bonchev–Trinajstić information content (AvgIpc) is 3.88. The molecule has 0 aliphatic carbocycles. The molecule has 2 aliphatic rings. The minimum absolute atomic E-state index is 0.0573. The summed E-state index contributed by atoms with van der Waals surface area (Å²) in [5.74, 6) is 2.97. The molecule has 3 aromatic heterocycles. The van der Waals surface area contributed by atoms with E-state index < -0.39 is 0 Å². The zero-order valence-corrected chi connectivity index (χ0v) is 26.8. The third-order valence-corrected chi connectivity index (χ3v) is 9.23. The standard InChI is InChI=1S/C39H23ClN8O2/c40-30-17-28-29(18-31(30)50-21-15-13-20(19-49)14-16-21)39-47-37-27-12-6-4-10-25(27)35(45-37)43-33-23-8-2-1-7-22(23)32(41-33)42-34-24-9-3-5-11-26(24)36(44-34)46-38(28)48-39/h1-18,49H,19H2,(H2,41,42,43,44,45,46,47,48). The largest absolute Gasteiger partial charge is 0.456 e. The Bertz CT molecular complexity index is 2860. The number of aromatic amines is 2. The van der Waals surface area contributed by atoms with Crippen molar-refractivity contribution >= 4 is 55.7 Å². The number of hydrogen-bond donors (Lipinski definition) is 3. The van der Waals surface area contributed by atoms with E-state index in [-0.39, 0.29) is 6.61 Å². The molecule has 0 spiro atoms. The first-order chi connectivity index (χ1) is 24.6. The van der Waals surface area contributed by atoms with Gasteiger partial charge in [-0.15, -0.1) is 0 Å². The Labute approximate surface area is 288 Å². The smallest absolute Gasteiger partial charge is 0.164 e. The molecular formula is C39H23ClN8O2. The summed E-state index contributed by atoms with van der Waals surface area (Å²) in [5.41, 5.74) is 6.37. The molecule has 11 heteroatoms. The van der Waals surface area contributed by atoms with E-state index in [4.69, 9.17) is 46.2 Å². The van der Waals surface area contributed by atoms with Crippen LogP contribution in [0, 0.1) is 0 Å². The summed E-state index contributed by atoms with van der Waals surface area (Å²) in [6, 6.07) is 34.7. The fourth-order valence-electron chi connectivity index (χ4n) is 6.51. The number of aliphatic hydroxyl groups is 1. The molecule has 0 saturated heterocycles. The highest BCUT2D eigenvalue weighted by Gasteiger charge is 2.24. The van der Waals surface area contributed by atoms with Crippen molar-refractivity contribution in [2.24, 2.45) is 0 Å². The summed E-state index contributed by atoms with van der Waals surface area (Å²) in [7, 11) is 0. The molecule has 3 N–H and O–H groups in total. The molecule has 0 unspecified atom stereocenters. The molecule has 0 amide bonds. The Morgan fingerprint density at radius 2 is 0.920 bits per heavy atom. The van der Waals surface area contributed by atoms with Crippen molar-refractivity contribution in [3.8, 4) is 57.1 Å². The first-order valence-electron chi connectivity index (χ1n) is 15.9. The Morgan fingerprint density at radius 1 is 0.500 bits per heavy atom. The van der Waals surface area contributed by atoms with Crippen LogP contribution in [-0.2, 0) is 6.61 Å². The summed E-state index contributed by atoms with van der Waals surface area (Å²) in [6.45, 7) is -0.0573. The van der Waals surface area contributed by atoms with Crippen LogP contribution >= 0.6 is 11.6 Å². The number of ether oxygens (including phenoxy) is 1. The van der Waals surface area contributed by atoms with Crippen LogP contribution in [0.1, 0.15) is 5.56 Å². The van der Waals surface area contributed by atoms with E-state index >= 15 is 0 Å². The fourth-order valence-corrected chi connectivity index (χ4v) is 6.71. The summed E-state index contributed by atoms with van der Waals surface area (Å²) in [5, 5.41) is 13.4. The van der Waals surface area contributed by atoms with Crippen molar-refractivity contribution in [1.82, 2.24) is 39.9 Å². The van der Waals surface area contributed by atoms with Gasteiger partial charge in [-0.1, -0.05) is 96.5 Å². The summed E-state index contributed by atoms with van der Waals surface area (Å²) < 4.78 is 6.22. The van der Waals surface area contributed by atoms with E-state index in [1.807, 2.05) is 78.9 Å². The lowest BCUT2D eigenvalue weighted by Crippen LogP contribution is -1.90. The van der Waals surface area contributed by atoms with Gasteiger partial charge in [0, 0.05) is 43.8 Å². The number of hydrogen-bond acceptors (Lipinski definition) is 8. The Balaban J connectivity index is 1.30. The Kier molecular flexibility index (Phi) is 6.29. The Morgan fingerprint density at radius 3 is 1.38 bits per heavy atom. The van der Waals surface area contributed by atoms with E-state index in [9.17, 15) is 5.11 Å². The monoisotopic (exact) mass is 670 g/mol. The van der Waals surface area contributed by atoms with Gasteiger partial charge in [0.1, 0.15) is 34.1 Å². The number of nitrogens with zero attached hydrogens (tertiary/aromatic N) is 6. The average molecular weight is 671 g/mol. The number of rotatable bonds is 3. The molecular weight excluding hydrogens is 648 g/mol. The van der Waals surface area contributed by atoms with Crippen LogP contribution in [0.15, 0.2) is 109 Å². The van der Waals surface area contributed by atoms with Crippen LogP contribution in [0.5, 0.6) is 11.5 Å². The van der Waals surface area contributed by atoms with Crippen molar-refractivity contribution in [3.05, 3.63) is 120 Å². The molecule has 238 valence electrons. The SMILES string of the molecule is OCc1ccc(Oc2cc3c(cc2Cl)-c2nc-3nc3[nH]c(nc4nc(nc5[nH]c(n2)c2ccccc52)-c2ccccc2-4)c2ccccc32)cc1. The third-order valence-electron chi connectivity index (χ3n) is 8.94. The van der Waals surface area contributed by atoms with Gasteiger partial charge in [-0.25, -0.2) is 29.9 Å². The van der Waals surface area contributed by atoms with E-state index in [1.54, 1.807) is 30.3 Å². The van der Waals surface area contributed by atoms with Crippen molar-refractivity contribution in [3.63, 3.8) is 0 Å². The lowest BCUT2D eigenvalue weighted by Gasteiger charge is -2.10. The van der Waals surface area contributed by atoms with Crippen molar-refractivity contribution in [2.75, 3.05) is 0 Å². The van der Waals surface area contributed by atoms with Gasteiger partial charge in [0.2, 0.25) is 0 Å². The van der Waals surface area contributed by atoms with E-state index in [0.29, 0.717) is 73.5 Å². The van der Waals surface area contributed by atoms with E-state index in [2.05, 4.69) is 9.97 Å². The maximum absolute atomic E-state index is 9.47. The molecule has 0 atom stereocenters. The number of halogens is 1. The highest BCUT2D eigenvalue weighted by Crippen LogP contribution is 2.42. The minimum atomic E-state index is -0.0573. The van der Waals surface area contributed by atoms with Gasteiger partial charge in [0.15, 0.2) is 23.3 Å².